The number of Topliss-reactive ketones (excluding diaryl/α,β-unsaturated/α-hetero) is 4. The van der Waals surface area contributed by atoms with Crippen LogP contribution in [0.15, 0.2) is 60.7 Å². The lowest BCUT2D eigenvalue weighted by atomic mass is 9.72. The molecule has 0 heterocycles. The minimum atomic E-state index is -1.12. The number of carbonyl (C=O) groups is 4. The van der Waals surface area contributed by atoms with Gasteiger partial charge in [-0.25, -0.2) is 0 Å². The van der Waals surface area contributed by atoms with Gasteiger partial charge in [0.25, 0.3) is 0 Å². The van der Waals surface area contributed by atoms with Gasteiger partial charge in [0.2, 0.25) is 23.1 Å². The number of aliphatic hydroxyl groups is 2. The molecule has 0 bridgehead atoms. The summed E-state index contributed by atoms with van der Waals surface area (Å²) in [5.41, 5.74) is -1.59. The van der Waals surface area contributed by atoms with Crippen molar-refractivity contribution in [2.75, 3.05) is 14.2 Å². The molecule has 6 N–H and O–H groups in total. The molecule has 0 unspecified atom stereocenters. The molecule has 0 aromatic heterocycles. The molecule has 0 amide bonds. The van der Waals surface area contributed by atoms with Crippen LogP contribution < -0.4 is 9.47 Å². The van der Waals surface area contributed by atoms with Crippen LogP contribution >= 0.6 is 0 Å². The molecule has 0 saturated heterocycles. The van der Waals surface area contributed by atoms with Gasteiger partial charge in [-0.2, -0.15) is 0 Å². The fourth-order valence-corrected chi connectivity index (χ4v) is 8.78. The van der Waals surface area contributed by atoms with Crippen LogP contribution in [0.4, 0.5) is 0 Å². The van der Waals surface area contributed by atoms with Crippen molar-refractivity contribution in [3.05, 3.63) is 94.1 Å². The van der Waals surface area contributed by atoms with E-state index in [9.17, 15) is 49.8 Å². The van der Waals surface area contributed by atoms with Crippen molar-refractivity contribution in [2.45, 2.75) is 91.3 Å². The summed E-state index contributed by atoms with van der Waals surface area (Å²) < 4.78 is 11.5. The highest BCUT2D eigenvalue weighted by molar-refractivity contribution is 6.56. The number of hydrogen-bond acceptors (Lipinski definition) is 12. The van der Waals surface area contributed by atoms with Crippen molar-refractivity contribution in [3.8, 4) is 67.9 Å². The Labute approximate surface area is 360 Å². The SMILES string of the molecule is C=C(C)[C@H](CCC(C)(C)O)Cc1c(O)ccc2c1C(=O)C(=O)c1c-2c(O)cc(OC)c1-c1c(OC)cc(O)c2c1C(=O)C(=O)c1c-2ccc(O)c1C[C@@H](CCC(C)(C)O)C(=C)C. The van der Waals surface area contributed by atoms with Gasteiger partial charge in [-0.05, 0) is 127 Å². The molecule has 4 aromatic rings. The zero-order chi connectivity index (χ0) is 45.9. The fraction of sp³-hybridized carbons (Fsp3) is 0.360. The van der Waals surface area contributed by atoms with Gasteiger partial charge >= 0.3 is 0 Å². The number of fused-ring (bicyclic) bond motifs is 6. The van der Waals surface area contributed by atoms with Crippen LogP contribution in [0.1, 0.15) is 120 Å². The zero-order valence-corrected chi connectivity index (χ0v) is 36.4. The van der Waals surface area contributed by atoms with E-state index >= 15 is 0 Å². The third-order valence-electron chi connectivity index (χ3n) is 12.2. The van der Waals surface area contributed by atoms with Gasteiger partial charge in [0.1, 0.15) is 34.5 Å². The molecule has 2 aliphatic carbocycles. The standard InChI is InChI=1S/C50H54O12/c1-23(2)25(15-17-49(5,6)59)19-29-31(51)13-11-27-37(29)45(55)47(57)43-39(27)33(53)21-35(61-9)41(43)42-36(62-10)22-34(54)40-28-12-14-32(52)30(38(28)46(56)48(58)44(40)42)20-26(24(3)4)16-18-50(7,8)60/h11-14,21-22,25-26,51-54,59-60H,1,3,15-20H2,2,4-10H3/t25-,26-/m1/s1. The monoisotopic (exact) mass is 846 g/mol. The minimum Gasteiger partial charge on any atom is -0.508 e. The van der Waals surface area contributed by atoms with E-state index in [1.807, 2.05) is 0 Å². The first-order valence-corrected chi connectivity index (χ1v) is 20.4. The van der Waals surface area contributed by atoms with Crippen LogP contribution in [0.3, 0.4) is 0 Å². The normalized spacial score (nSPS) is 14.4. The molecule has 2 atom stereocenters. The van der Waals surface area contributed by atoms with E-state index in [1.165, 1.54) is 50.6 Å². The molecule has 6 rings (SSSR count). The smallest absolute Gasteiger partial charge is 0.235 e. The average molecular weight is 847 g/mol. The lowest BCUT2D eigenvalue weighted by Crippen LogP contribution is -2.27. The van der Waals surface area contributed by atoms with Gasteiger partial charge in [0, 0.05) is 67.8 Å². The van der Waals surface area contributed by atoms with Crippen LogP contribution in [0.2, 0.25) is 0 Å². The highest BCUT2D eigenvalue weighted by Gasteiger charge is 2.44. The zero-order valence-electron chi connectivity index (χ0n) is 36.4. The highest BCUT2D eigenvalue weighted by Crippen LogP contribution is 2.56. The third kappa shape index (κ3) is 8.12. The van der Waals surface area contributed by atoms with Crippen LogP contribution in [-0.2, 0) is 12.8 Å². The van der Waals surface area contributed by atoms with Crippen LogP contribution in [0.25, 0.3) is 33.4 Å². The number of methoxy groups -OCH3 is 2. The Balaban J connectivity index is 1.63. The third-order valence-corrected chi connectivity index (χ3v) is 12.2. The number of ketones is 4. The molecule has 4 aromatic carbocycles. The number of hydrogen-bond donors (Lipinski definition) is 6. The molecule has 62 heavy (non-hydrogen) atoms. The van der Waals surface area contributed by atoms with Gasteiger partial charge in [0.15, 0.2) is 0 Å². The van der Waals surface area contributed by atoms with Crippen molar-refractivity contribution in [1.82, 2.24) is 0 Å². The van der Waals surface area contributed by atoms with Crippen molar-refractivity contribution in [3.63, 3.8) is 0 Å². The number of rotatable bonds is 15. The van der Waals surface area contributed by atoms with Crippen molar-refractivity contribution in [1.29, 1.82) is 0 Å². The molecule has 12 nitrogen and oxygen atoms in total. The van der Waals surface area contributed by atoms with Gasteiger partial charge < -0.3 is 40.1 Å². The largest absolute Gasteiger partial charge is 0.508 e. The molecule has 0 saturated carbocycles. The maximum absolute atomic E-state index is 14.7. The van der Waals surface area contributed by atoms with E-state index in [2.05, 4.69) is 13.2 Å². The molecule has 0 radical (unpaired) electrons. The Morgan fingerprint density at radius 2 is 0.855 bits per heavy atom. The Kier molecular flexibility index (Phi) is 12.1. The predicted octanol–water partition coefficient (Wildman–Crippen LogP) is 8.86. The van der Waals surface area contributed by atoms with E-state index in [-0.39, 0.29) is 114 Å². The summed E-state index contributed by atoms with van der Waals surface area (Å²) in [4.78, 5) is 58.5. The van der Waals surface area contributed by atoms with Crippen molar-refractivity contribution >= 4 is 23.1 Å². The summed E-state index contributed by atoms with van der Waals surface area (Å²) in [5.74, 6) is -6.69. The molecule has 326 valence electrons. The minimum absolute atomic E-state index is 0.0813. The second-order valence-electron chi connectivity index (χ2n) is 17.9. The summed E-state index contributed by atoms with van der Waals surface area (Å²) in [6, 6.07) is 7.93. The van der Waals surface area contributed by atoms with Crippen LogP contribution in [0.5, 0.6) is 34.5 Å². The molecule has 2 aliphatic rings. The number of ether oxygens (including phenoxy) is 2. The predicted molar refractivity (Wildman–Crippen MR) is 235 cm³/mol. The quantitative estimate of drug-likeness (QED) is 0.0490. The number of allylic oxidation sites excluding steroid dienone is 2. The Morgan fingerprint density at radius 3 is 1.15 bits per heavy atom. The molecule has 0 aliphatic heterocycles. The summed E-state index contributed by atoms with van der Waals surface area (Å²) in [6.07, 6.45) is 1.82. The van der Waals surface area contributed by atoms with E-state index < -0.39 is 45.8 Å². The van der Waals surface area contributed by atoms with Gasteiger partial charge in [-0.1, -0.05) is 24.3 Å². The maximum Gasteiger partial charge on any atom is 0.235 e. The summed E-state index contributed by atoms with van der Waals surface area (Å²) in [7, 11) is 2.50. The maximum atomic E-state index is 14.7. The van der Waals surface area contributed by atoms with Gasteiger partial charge in [-0.3, -0.25) is 19.2 Å². The molecule has 12 heteroatoms. The number of benzene rings is 4. The van der Waals surface area contributed by atoms with Gasteiger partial charge in [-0.15, -0.1) is 0 Å². The number of phenols is 4. The molecular weight excluding hydrogens is 793 g/mol. The Morgan fingerprint density at radius 1 is 0.532 bits per heavy atom. The van der Waals surface area contributed by atoms with E-state index in [1.54, 1.807) is 41.5 Å². The number of carbonyl (C=O) groups excluding carboxylic acids is 4. The Hall–Kier alpha value is -6.24. The molecule has 0 spiro atoms. The second kappa shape index (κ2) is 16.6. The highest BCUT2D eigenvalue weighted by atomic mass is 16.5. The van der Waals surface area contributed by atoms with Crippen molar-refractivity contribution < 1.29 is 59.3 Å². The average Bonchev–Trinajstić information content (AvgIpc) is 3.18. The van der Waals surface area contributed by atoms with E-state index in [4.69, 9.17) is 9.47 Å². The fourth-order valence-electron chi connectivity index (χ4n) is 8.78. The first-order valence-electron chi connectivity index (χ1n) is 20.4. The lowest BCUT2D eigenvalue weighted by molar-refractivity contribution is 0.0644. The van der Waals surface area contributed by atoms with Gasteiger partial charge in [0.05, 0.1) is 25.4 Å². The summed E-state index contributed by atoms with van der Waals surface area (Å²) in [6.45, 7) is 18.5. The molecular formula is C50H54O12. The van der Waals surface area contributed by atoms with Crippen LogP contribution in [0, 0.1) is 11.8 Å². The van der Waals surface area contributed by atoms with E-state index in [0.29, 0.717) is 25.7 Å². The van der Waals surface area contributed by atoms with E-state index in [0.717, 1.165) is 11.1 Å². The van der Waals surface area contributed by atoms with Crippen molar-refractivity contribution in [2.24, 2.45) is 11.8 Å². The summed E-state index contributed by atoms with van der Waals surface area (Å²) in [5, 5.41) is 66.8. The Bertz CT molecular complexity index is 2420. The topological polar surface area (TPSA) is 208 Å². The summed E-state index contributed by atoms with van der Waals surface area (Å²) >= 11 is 0. The lowest BCUT2D eigenvalue weighted by Gasteiger charge is -2.30. The number of phenolic OH excluding ortho intramolecular Hbond substituents is 4. The first-order chi connectivity index (χ1) is 28.9. The first kappa shape index (κ1) is 45.3. The molecule has 0 fully saturated rings. The second-order valence-corrected chi connectivity index (χ2v) is 17.9. The number of aromatic hydroxyl groups is 4. The van der Waals surface area contributed by atoms with Crippen LogP contribution in [-0.4, -0.2) is 79.2 Å².